The monoisotopic (exact) mass is 422 g/mol. The van der Waals surface area contributed by atoms with E-state index in [9.17, 15) is 4.79 Å². The van der Waals surface area contributed by atoms with Crippen LogP contribution in [0.1, 0.15) is 79.4 Å². The molecule has 1 aromatic heterocycles. The van der Waals surface area contributed by atoms with Gasteiger partial charge in [0.05, 0.1) is 0 Å². The van der Waals surface area contributed by atoms with E-state index < -0.39 is 0 Å². The third-order valence-electron chi connectivity index (χ3n) is 8.55. The van der Waals surface area contributed by atoms with Crippen LogP contribution >= 0.6 is 11.3 Å². The fraction of sp³-hybridized carbons (Fsp3) is 0.615. The number of fused-ring (bicyclic) bond motifs is 5. The number of amides is 1. The molecule has 3 aliphatic carbocycles. The second kappa shape index (κ2) is 7.78. The second-order valence-electron chi connectivity index (χ2n) is 10.3. The first kappa shape index (κ1) is 20.2. The number of aryl methyl sites for hydroxylation is 3. The summed E-state index contributed by atoms with van der Waals surface area (Å²) in [6.07, 6.45) is 11.4. The summed E-state index contributed by atoms with van der Waals surface area (Å²) in [4.78, 5) is 18.0. The number of hydrogen-bond acceptors (Lipinski definition) is 3. The van der Waals surface area contributed by atoms with Crippen molar-refractivity contribution < 1.29 is 4.79 Å². The molecule has 5 atom stereocenters. The van der Waals surface area contributed by atoms with Crippen molar-refractivity contribution in [1.82, 2.24) is 4.98 Å². The zero-order valence-electron chi connectivity index (χ0n) is 18.5. The first-order valence-electron chi connectivity index (χ1n) is 11.8. The maximum atomic E-state index is 12.6. The number of hydrogen-bond donors (Lipinski definition) is 1. The maximum absolute atomic E-state index is 12.6. The lowest BCUT2D eigenvalue weighted by atomic mass is 9.54. The molecule has 1 heterocycles. The fourth-order valence-corrected chi connectivity index (χ4v) is 8.00. The lowest BCUT2D eigenvalue weighted by molar-refractivity contribution is -0.116. The molecule has 3 aliphatic rings. The van der Waals surface area contributed by atoms with Crippen LogP contribution in [0.5, 0.6) is 0 Å². The Morgan fingerprint density at radius 3 is 2.87 bits per heavy atom. The van der Waals surface area contributed by atoms with Gasteiger partial charge in [0.1, 0.15) is 0 Å². The molecule has 3 nitrogen and oxygen atoms in total. The number of carbonyl (C=O) groups is 1. The molecule has 2 aromatic rings. The van der Waals surface area contributed by atoms with E-state index >= 15 is 0 Å². The van der Waals surface area contributed by atoms with E-state index in [0.29, 0.717) is 17.8 Å². The average molecular weight is 423 g/mol. The van der Waals surface area contributed by atoms with Crippen LogP contribution in [0.4, 0.5) is 5.13 Å². The summed E-state index contributed by atoms with van der Waals surface area (Å²) in [6.45, 7) is 6.89. The van der Waals surface area contributed by atoms with Gasteiger partial charge < -0.3 is 5.32 Å². The van der Waals surface area contributed by atoms with Crippen LogP contribution in [0.3, 0.4) is 0 Å². The molecule has 0 aliphatic heterocycles. The quantitative estimate of drug-likeness (QED) is 0.599. The Balaban J connectivity index is 1.31. The molecule has 2 saturated carbocycles. The Hall–Kier alpha value is -1.68. The molecule has 160 valence electrons. The van der Waals surface area contributed by atoms with Gasteiger partial charge in [-0.2, -0.15) is 0 Å². The lowest BCUT2D eigenvalue weighted by Crippen LogP contribution is -2.42. The van der Waals surface area contributed by atoms with Crippen molar-refractivity contribution in [3.63, 3.8) is 0 Å². The van der Waals surface area contributed by atoms with Gasteiger partial charge in [0.25, 0.3) is 0 Å². The molecule has 0 radical (unpaired) electrons. The van der Waals surface area contributed by atoms with Gasteiger partial charge in [0.15, 0.2) is 5.13 Å². The number of benzene rings is 1. The van der Waals surface area contributed by atoms with Crippen LogP contribution in [0.15, 0.2) is 24.4 Å². The van der Waals surface area contributed by atoms with Crippen molar-refractivity contribution >= 4 is 22.4 Å². The number of nitrogens with zero attached hydrogens (tertiary/aromatic N) is 1. The minimum Gasteiger partial charge on any atom is -0.302 e. The van der Waals surface area contributed by atoms with Gasteiger partial charge in [-0.3, -0.25) is 4.79 Å². The largest absolute Gasteiger partial charge is 0.302 e. The van der Waals surface area contributed by atoms with E-state index in [4.69, 9.17) is 0 Å². The number of carbonyl (C=O) groups excluding carboxylic acids is 1. The van der Waals surface area contributed by atoms with Crippen LogP contribution in [0, 0.1) is 37.0 Å². The van der Waals surface area contributed by atoms with Crippen LogP contribution in [-0.4, -0.2) is 10.9 Å². The summed E-state index contributed by atoms with van der Waals surface area (Å²) < 4.78 is 0. The fourth-order valence-electron chi connectivity index (χ4n) is 7.32. The Bertz CT molecular complexity index is 950. The highest BCUT2D eigenvalue weighted by Crippen LogP contribution is 2.63. The molecule has 1 N–H and O–H groups in total. The van der Waals surface area contributed by atoms with Crippen molar-refractivity contribution in [2.75, 3.05) is 5.32 Å². The van der Waals surface area contributed by atoms with Gasteiger partial charge in [0.2, 0.25) is 5.91 Å². The highest BCUT2D eigenvalue weighted by atomic mass is 32.1. The van der Waals surface area contributed by atoms with Gasteiger partial charge in [-0.25, -0.2) is 4.98 Å². The summed E-state index contributed by atoms with van der Waals surface area (Å²) >= 11 is 1.56. The minimum atomic E-state index is 0.134. The van der Waals surface area contributed by atoms with E-state index in [1.54, 1.807) is 22.5 Å². The topological polar surface area (TPSA) is 42.0 Å². The molecule has 1 aromatic carbocycles. The smallest absolute Gasteiger partial charge is 0.226 e. The van der Waals surface area contributed by atoms with Crippen molar-refractivity contribution in [2.45, 2.75) is 78.1 Å². The average Bonchev–Trinajstić information content (AvgIpc) is 3.28. The van der Waals surface area contributed by atoms with Gasteiger partial charge >= 0.3 is 0 Å². The van der Waals surface area contributed by atoms with Crippen LogP contribution in [0.25, 0.3) is 0 Å². The zero-order chi connectivity index (χ0) is 20.9. The first-order valence-corrected chi connectivity index (χ1v) is 12.6. The predicted octanol–water partition coefficient (Wildman–Crippen LogP) is 6.65. The molecule has 2 fully saturated rings. The number of anilines is 1. The van der Waals surface area contributed by atoms with Crippen LogP contribution in [0.2, 0.25) is 0 Å². The van der Waals surface area contributed by atoms with E-state index in [-0.39, 0.29) is 5.91 Å². The zero-order valence-corrected chi connectivity index (χ0v) is 19.4. The van der Waals surface area contributed by atoms with E-state index in [0.717, 1.165) is 34.2 Å². The molecule has 0 bridgehead atoms. The number of thiazole rings is 1. The molecule has 0 saturated heterocycles. The summed E-state index contributed by atoms with van der Waals surface area (Å²) in [7, 11) is 0. The van der Waals surface area contributed by atoms with E-state index in [2.05, 4.69) is 42.3 Å². The minimum absolute atomic E-state index is 0.134. The summed E-state index contributed by atoms with van der Waals surface area (Å²) in [5.74, 6) is 3.14. The Morgan fingerprint density at radius 1 is 1.23 bits per heavy atom. The van der Waals surface area contributed by atoms with Crippen LogP contribution in [-0.2, 0) is 11.2 Å². The summed E-state index contributed by atoms with van der Waals surface area (Å²) in [5.41, 5.74) is 5.26. The van der Waals surface area contributed by atoms with Gasteiger partial charge in [-0.15, -0.1) is 11.3 Å². The lowest BCUT2D eigenvalue weighted by Gasteiger charge is -2.51. The van der Waals surface area contributed by atoms with Crippen molar-refractivity contribution in [2.24, 2.45) is 23.2 Å². The van der Waals surface area contributed by atoms with Gasteiger partial charge in [0, 0.05) is 17.5 Å². The number of rotatable bonds is 4. The van der Waals surface area contributed by atoms with Crippen molar-refractivity contribution in [3.8, 4) is 0 Å². The van der Waals surface area contributed by atoms with Crippen molar-refractivity contribution in [1.29, 1.82) is 0 Å². The molecular formula is C26H34N2OS. The Morgan fingerprint density at radius 2 is 2.07 bits per heavy atom. The highest BCUT2D eigenvalue weighted by molar-refractivity contribution is 7.15. The molecule has 5 unspecified atom stereocenters. The predicted molar refractivity (Wildman–Crippen MR) is 124 cm³/mol. The first-order chi connectivity index (χ1) is 14.4. The molecule has 4 heteroatoms. The summed E-state index contributed by atoms with van der Waals surface area (Å²) in [5, 5.41) is 3.76. The third kappa shape index (κ3) is 3.51. The molecule has 0 spiro atoms. The van der Waals surface area contributed by atoms with Gasteiger partial charge in [-0.05, 0) is 105 Å². The normalized spacial score (nSPS) is 32.2. The number of aromatic nitrogens is 1. The van der Waals surface area contributed by atoms with E-state index in [1.807, 2.05) is 13.1 Å². The third-order valence-corrected chi connectivity index (χ3v) is 9.37. The highest BCUT2D eigenvalue weighted by Gasteiger charge is 2.54. The van der Waals surface area contributed by atoms with Crippen LogP contribution < -0.4 is 5.32 Å². The van der Waals surface area contributed by atoms with Crippen molar-refractivity contribution in [3.05, 3.63) is 46.0 Å². The summed E-state index contributed by atoms with van der Waals surface area (Å²) in [6, 6.07) is 6.91. The van der Waals surface area contributed by atoms with E-state index in [1.165, 1.54) is 44.1 Å². The second-order valence-corrected chi connectivity index (χ2v) is 11.6. The SMILES string of the molecule is Cc1cnc(NC(=O)CCC2CCC3(C)CCC4c5c(C)cccc5CCC4C23)s1. The Labute approximate surface area is 184 Å². The molecule has 30 heavy (non-hydrogen) atoms. The van der Waals surface area contributed by atoms with Gasteiger partial charge in [-0.1, -0.05) is 25.1 Å². The maximum Gasteiger partial charge on any atom is 0.226 e. The Kier molecular flexibility index (Phi) is 5.25. The molecule has 1 amide bonds. The standard InChI is InChI=1S/C26H34N2OS/c1-16-5-4-6-18-7-9-21-20(23(16)18)12-14-26(3)13-11-19(24(21)26)8-10-22(29)28-25-27-15-17(2)30-25/h4-6,15,19-21,24H,7-14H2,1-3H3,(H,27,28,29). The molecular weight excluding hydrogens is 388 g/mol. The number of nitrogens with one attached hydrogen (secondary N) is 1. The molecule has 5 rings (SSSR count).